The molecule has 1 aromatic carbocycles. The zero-order valence-corrected chi connectivity index (χ0v) is 10.5. The molecule has 2 N–H and O–H groups in total. The van der Waals surface area contributed by atoms with Gasteiger partial charge in [0.1, 0.15) is 0 Å². The van der Waals surface area contributed by atoms with E-state index in [0.29, 0.717) is 12.8 Å². The second-order valence-electron chi connectivity index (χ2n) is 4.25. The van der Waals surface area contributed by atoms with Crippen LogP contribution in [-0.4, -0.2) is 12.5 Å². The average molecular weight is 304 g/mol. The van der Waals surface area contributed by atoms with E-state index in [1.165, 1.54) is 0 Å². The molecule has 2 unspecified atom stereocenters. The number of hydrogen-bond donors (Lipinski definition) is 1. The van der Waals surface area contributed by atoms with Gasteiger partial charge in [0, 0.05) is 0 Å². The Balaban J connectivity index is 2.98. The molecule has 0 saturated carbocycles. The number of unbranched alkanes of at least 4 members (excludes halogenated alkanes) is 1. The predicted molar refractivity (Wildman–Crippen MR) is 57.1 cm³/mol. The van der Waals surface area contributed by atoms with E-state index < -0.39 is 47.2 Å². The van der Waals surface area contributed by atoms with Gasteiger partial charge in [0.25, 0.3) is 6.30 Å². The third-order valence-electron chi connectivity index (χ3n) is 2.75. The first-order chi connectivity index (χ1) is 9.31. The van der Waals surface area contributed by atoms with Gasteiger partial charge in [-0.25, -0.2) is 17.6 Å². The lowest BCUT2D eigenvalue weighted by Gasteiger charge is -2.13. The fourth-order valence-corrected chi connectivity index (χ4v) is 1.59. The highest BCUT2D eigenvalue weighted by molar-refractivity contribution is 5.34. The van der Waals surface area contributed by atoms with Gasteiger partial charge in [-0.3, -0.25) is 5.32 Å². The lowest BCUT2D eigenvalue weighted by molar-refractivity contribution is -0.649. The summed E-state index contributed by atoms with van der Waals surface area (Å²) in [5.41, 5.74) is -1.45. The highest BCUT2D eigenvalue weighted by Gasteiger charge is 2.33. The SMILES string of the molecule is CCCCC(F)C(F)[NH2+]c1c(F)c(F)c(F)c(F)c1F. The van der Waals surface area contributed by atoms with Gasteiger partial charge < -0.3 is 0 Å². The Bertz CT molecular complexity index is 448. The summed E-state index contributed by atoms with van der Waals surface area (Å²) < 4.78 is 91.7. The Morgan fingerprint density at radius 3 is 1.75 bits per heavy atom. The molecule has 0 saturated heterocycles. The largest absolute Gasteiger partial charge is 0.277 e. The molecule has 114 valence electrons. The van der Waals surface area contributed by atoms with Crippen LogP contribution in [0, 0.1) is 29.1 Å². The highest BCUT2D eigenvalue weighted by Crippen LogP contribution is 2.24. The quantitative estimate of drug-likeness (QED) is 0.273. The Morgan fingerprint density at radius 2 is 1.30 bits per heavy atom. The Hall–Kier alpha value is -1.31. The second-order valence-corrected chi connectivity index (χ2v) is 4.25. The maximum atomic E-state index is 13.4. The summed E-state index contributed by atoms with van der Waals surface area (Å²) >= 11 is 0. The number of quaternary nitrogens is 1. The van der Waals surface area contributed by atoms with Crippen LogP contribution < -0.4 is 5.32 Å². The molecular formula is C12H13F7N+. The van der Waals surface area contributed by atoms with Crippen molar-refractivity contribution in [2.75, 3.05) is 0 Å². The van der Waals surface area contributed by atoms with E-state index in [-0.39, 0.29) is 11.7 Å². The van der Waals surface area contributed by atoms with Crippen LogP contribution in [0.1, 0.15) is 26.2 Å². The molecule has 0 fully saturated rings. The van der Waals surface area contributed by atoms with E-state index in [4.69, 9.17) is 0 Å². The fourth-order valence-electron chi connectivity index (χ4n) is 1.59. The lowest BCUT2D eigenvalue weighted by atomic mass is 10.1. The third kappa shape index (κ3) is 3.41. The molecule has 0 aliphatic carbocycles. The summed E-state index contributed by atoms with van der Waals surface area (Å²) in [4.78, 5) is 0. The van der Waals surface area contributed by atoms with Crippen LogP contribution in [0.5, 0.6) is 0 Å². The van der Waals surface area contributed by atoms with Crippen LogP contribution >= 0.6 is 0 Å². The number of alkyl halides is 2. The Labute approximate surface area is 110 Å². The van der Waals surface area contributed by atoms with Crippen molar-refractivity contribution in [1.82, 2.24) is 0 Å². The van der Waals surface area contributed by atoms with Crippen molar-refractivity contribution in [2.45, 2.75) is 38.7 Å². The van der Waals surface area contributed by atoms with Crippen LogP contribution in [0.25, 0.3) is 0 Å². The van der Waals surface area contributed by atoms with Gasteiger partial charge in [0.05, 0.1) is 0 Å². The van der Waals surface area contributed by atoms with Crippen LogP contribution in [0.3, 0.4) is 0 Å². The second kappa shape index (κ2) is 6.92. The molecular weight excluding hydrogens is 291 g/mol. The van der Waals surface area contributed by atoms with Gasteiger partial charge >= 0.3 is 0 Å². The topological polar surface area (TPSA) is 16.6 Å². The minimum absolute atomic E-state index is 0.0800. The van der Waals surface area contributed by atoms with Crippen LogP contribution in [0.2, 0.25) is 0 Å². The third-order valence-corrected chi connectivity index (χ3v) is 2.75. The summed E-state index contributed by atoms with van der Waals surface area (Å²) in [6, 6.07) is 0. The molecule has 0 heterocycles. The van der Waals surface area contributed by atoms with Gasteiger partial charge in [0.15, 0.2) is 6.17 Å². The number of halogens is 7. The summed E-state index contributed by atoms with van der Waals surface area (Å²) in [6.07, 6.45) is -3.80. The van der Waals surface area contributed by atoms with E-state index >= 15 is 0 Å². The molecule has 8 heteroatoms. The Morgan fingerprint density at radius 1 is 0.850 bits per heavy atom. The molecule has 0 aliphatic heterocycles. The summed E-state index contributed by atoms with van der Waals surface area (Å²) in [6.45, 7) is 1.73. The summed E-state index contributed by atoms with van der Waals surface area (Å²) in [7, 11) is 0. The number of benzene rings is 1. The summed E-state index contributed by atoms with van der Waals surface area (Å²) in [5.74, 6) is -11.1. The van der Waals surface area contributed by atoms with E-state index in [1.54, 1.807) is 6.92 Å². The first-order valence-electron chi connectivity index (χ1n) is 5.95. The monoisotopic (exact) mass is 304 g/mol. The molecule has 2 atom stereocenters. The molecule has 20 heavy (non-hydrogen) atoms. The van der Waals surface area contributed by atoms with E-state index in [1.807, 2.05) is 0 Å². The molecule has 1 aromatic rings. The van der Waals surface area contributed by atoms with E-state index in [2.05, 4.69) is 0 Å². The molecule has 0 aliphatic rings. The van der Waals surface area contributed by atoms with E-state index in [0.717, 1.165) is 0 Å². The minimum atomic E-state index is -2.45. The maximum absolute atomic E-state index is 13.4. The number of rotatable bonds is 6. The maximum Gasteiger partial charge on any atom is 0.264 e. The van der Waals surface area contributed by atoms with Crippen molar-refractivity contribution < 1.29 is 36.0 Å². The molecule has 0 spiro atoms. The summed E-state index contributed by atoms with van der Waals surface area (Å²) in [5, 5.41) is 0.0800. The Kier molecular flexibility index (Phi) is 5.79. The van der Waals surface area contributed by atoms with Crippen molar-refractivity contribution in [2.24, 2.45) is 0 Å². The van der Waals surface area contributed by atoms with Gasteiger partial charge in [0.2, 0.25) is 34.8 Å². The van der Waals surface area contributed by atoms with Crippen molar-refractivity contribution in [3.05, 3.63) is 29.1 Å². The van der Waals surface area contributed by atoms with Crippen molar-refractivity contribution >= 4 is 5.69 Å². The van der Waals surface area contributed by atoms with Crippen molar-refractivity contribution in [3.63, 3.8) is 0 Å². The van der Waals surface area contributed by atoms with Gasteiger partial charge in [-0.2, -0.15) is 13.2 Å². The highest BCUT2D eigenvalue weighted by atomic mass is 19.2. The normalized spacial score (nSPS) is 14.4. The van der Waals surface area contributed by atoms with Crippen molar-refractivity contribution in [3.8, 4) is 0 Å². The standard InChI is InChI=1S/C12H12F7N/c1-2-3-4-5(13)12(19)20-11-9(17)7(15)6(14)8(16)10(11)18/h5,12,20H,2-4H2,1H3/p+1. The molecule has 0 aromatic heterocycles. The van der Waals surface area contributed by atoms with Gasteiger partial charge in [-0.1, -0.05) is 19.8 Å². The van der Waals surface area contributed by atoms with Crippen LogP contribution in [0.4, 0.5) is 36.4 Å². The van der Waals surface area contributed by atoms with Gasteiger partial charge in [-0.15, -0.1) is 0 Å². The smallest absolute Gasteiger partial charge is 0.264 e. The molecule has 1 rings (SSSR count). The predicted octanol–water partition coefficient (Wildman–Crippen LogP) is 3.40. The molecule has 0 amide bonds. The average Bonchev–Trinajstić information content (AvgIpc) is 2.44. The zero-order valence-electron chi connectivity index (χ0n) is 10.5. The first kappa shape index (κ1) is 16.7. The van der Waals surface area contributed by atoms with Gasteiger partial charge in [-0.05, 0) is 6.42 Å². The molecule has 0 bridgehead atoms. The fraction of sp³-hybridized carbons (Fsp3) is 0.500. The molecule has 0 radical (unpaired) electrons. The number of nitrogens with two attached hydrogens (primary N) is 1. The first-order valence-corrected chi connectivity index (χ1v) is 5.95. The van der Waals surface area contributed by atoms with Crippen LogP contribution in [0.15, 0.2) is 0 Å². The minimum Gasteiger partial charge on any atom is -0.277 e. The lowest BCUT2D eigenvalue weighted by Crippen LogP contribution is -2.86. The van der Waals surface area contributed by atoms with E-state index in [9.17, 15) is 30.7 Å². The van der Waals surface area contributed by atoms with Crippen LogP contribution in [-0.2, 0) is 0 Å². The number of hydrogen-bond acceptors (Lipinski definition) is 0. The zero-order chi connectivity index (χ0) is 15.4. The van der Waals surface area contributed by atoms with Crippen molar-refractivity contribution in [1.29, 1.82) is 0 Å². The molecule has 1 nitrogen and oxygen atoms in total.